The number of unbranched alkanes of at least 4 members (excludes halogenated alkanes) is 3. The van der Waals surface area contributed by atoms with Crippen molar-refractivity contribution in [3.05, 3.63) is 18.2 Å². The van der Waals surface area contributed by atoms with Crippen LogP contribution in [-0.4, -0.2) is 25.0 Å². The number of benzene rings is 1. The van der Waals surface area contributed by atoms with Gasteiger partial charge in [0, 0.05) is 18.7 Å². The highest BCUT2D eigenvalue weighted by Gasteiger charge is 2.25. The minimum atomic E-state index is -0.0249. The Hall–Kier alpha value is -2.04. The molecule has 1 aliphatic heterocycles. The van der Waals surface area contributed by atoms with Gasteiger partial charge >= 0.3 is 0 Å². The minimum Gasteiger partial charge on any atom is -0.482 e. The van der Waals surface area contributed by atoms with Crippen molar-refractivity contribution in [2.45, 2.75) is 52.4 Å². The van der Waals surface area contributed by atoms with Gasteiger partial charge in [0.25, 0.3) is 5.91 Å². The van der Waals surface area contributed by atoms with Crippen molar-refractivity contribution >= 4 is 23.2 Å². The van der Waals surface area contributed by atoms with Crippen LogP contribution in [0.1, 0.15) is 52.4 Å². The molecule has 23 heavy (non-hydrogen) atoms. The van der Waals surface area contributed by atoms with Gasteiger partial charge in [0.1, 0.15) is 5.75 Å². The first-order chi connectivity index (χ1) is 11.2. The van der Waals surface area contributed by atoms with Crippen molar-refractivity contribution in [2.24, 2.45) is 0 Å². The second kappa shape index (κ2) is 8.56. The molecular formula is C18H26N2O3. The summed E-state index contributed by atoms with van der Waals surface area (Å²) in [4.78, 5) is 25.8. The van der Waals surface area contributed by atoms with Crippen molar-refractivity contribution in [3.8, 4) is 5.75 Å². The molecule has 0 aromatic heterocycles. The molecule has 0 unspecified atom stereocenters. The van der Waals surface area contributed by atoms with Crippen LogP contribution in [0, 0.1) is 0 Å². The summed E-state index contributed by atoms with van der Waals surface area (Å²) in [7, 11) is 0. The normalized spacial score (nSPS) is 13.5. The summed E-state index contributed by atoms with van der Waals surface area (Å²) in [5.74, 6) is 0.683. The number of hydrogen-bond acceptors (Lipinski definition) is 3. The molecule has 0 saturated carbocycles. The lowest BCUT2D eigenvalue weighted by atomic mass is 10.1. The Morgan fingerprint density at radius 3 is 2.74 bits per heavy atom. The predicted octanol–water partition coefficient (Wildman–Crippen LogP) is 3.73. The van der Waals surface area contributed by atoms with E-state index in [0.717, 1.165) is 37.8 Å². The predicted molar refractivity (Wildman–Crippen MR) is 92.0 cm³/mol. The fraction of sp³-hybridized carbons (Fsp3) is 0.556. The highest BCUT2D eigenvalue weighted by Crippen LogP contribution is 2.34. The average Bonchev–Trinajstić information content (AvgIpc) is 2.55. The molecule has 0 spiro atoms. The molecule has 0 aliphatic carbocycles. The molecule has 5 nitrogen and oxygen atoms in total. The largest absolute Gasteiger partial charge is 0.482 e. The molecule has 0 radical (unpaired) electrons. The molecule has 0 atom stereocenters. The summed E-state index contributed by atoms with van der Waals surface area (Å²) in [6.45, 7) is 4.97. The van der Waals surface area contributed by atoms with Crippen LogP contribution in [0.5, 0.6) is 5.75 Å². The SMILES string of the molecule is CCCCCN1C(=O)COc2ccc(NC(=O)CCCC)cc21. The van der Waals surface area contributed by atoms with E-state index in [9.17, 15) is 9.59 Å². The molecule has 1 aliphatic rings. The highest BCUT2D eigenvalue weighted by atomic mass is 16.5. The van der Waals surface area contributed by atoms with Crippen LogP contribution in [0.4, 0.5) is 11.4 Å². The number of anilines is 2. The van der Waals surface area contributed by atoms with E-state index in [1.54, 1.807) is 4.90 Å². The Labute approximate surface area is 138 Å². The van der Waals surface area contributed by atoms with E-state index >= 15 is 0 Å². The number of nitrogens with one attached hydrogen (secondary N) is 1. The number of nitrogens with zero attached hydrogens (tertiary/aromatic N) is 1. The molecule has 1 aromatic carbocycles. The van der Waals surface area contributed by atoms with Gasteiger partial charge in [-0.2, -0.15) is 0 Å². The van der Waals surface area contributed by atoms with Gasteiger partial charge in [0.2, 0.25) is 5.91 Å². The molecule has 0 saturated heterocycles. The Kier molecular flexibility index (Phi) is 6.44. The van der Waals surface area contributed by atoms with Gasteiger partial charge in [0.15, 0.2) is 6.61 Å². The lowest BCUT2D eigenvalue weighted by molar-refractivity contribution is -0.121. The van der Waals surface area contributed by atoms with Gasteiger partial charge in [-0.25, -0.2) is 0 Å². The van der Waals surface area contributed by atoms with Gasteiger partial charge in [0.05, 0.1) is 5.69 Å². The third-order valence-electron chi connectivity index (χ3n) is 3.93. The molecular weight excluding hydrogens is 292 g/mol. The number of hydrogen-bond donors (Lipinski definition) is 1. The van der Waals surface area contributed by atoms with Crippen molar-refractivity contribution in [2.75, 3.05) is 23.4 Å². The quantitative estimate of drug-likeness (QED) is 0.743. The van der Waals surface area contributed by atoms with Gasteiger partial charge < -0.3 is 15.0 Å². The average molecular weight is 318 g/mol. The van der Waals surface area contributed by atoms with Gasteiger partial charge in [-0.05, 0) is 31.0 Å². The Bertz CT molecular complexity index is 557. The zero-order chi connectivity index (χ0) is 16.7. The molecule has 2 rings (SSSR count). The number of fused-ring (bicyclic) bond motifs is 1. The van der Waals surface area contributed by atoms with Crippen molar-refractivity contribution in [1.82, 2.24) is 0 Å². The second-order valence-electron chi connectivity index (χ2n) is 5.88. The van der Waals surface area contributed by atoms with Crippen LogP contribution in [0.3, 0.4) is 0 Å². The maximum atomic E-state index is 12.1. The smallest absolute Gasteiger partial charge is 0.265 e. The Balaban J connectivity index is 2.11. The zero-order valence-electron chi connectivity index (χ0n) is 14.1. The second-order valence-corrected chi connectivity index (χ2v) is 5.88. The number of carbonyl (C=O) groups excluding carboxylic acids is 2. The highest BCUT2D eigenvalue weighted by molar-refractivity contribution is 5.99. The topological polar surface area (TPSA) is 58.6 Å². The van der Waals surface area contributed by atoms with E-state index < -0.39 is 0 Å². The van der Waals surface area contributed by atoms with Crippen LogP contribution < -0.4 is 15.0 Å². The first kappa shape index (κ1) is 17.3. The molecule has 1 aromatic rings. The number of ether oxygens (including phenoxy) is 1. The Morgan fingerprint density at radius 2 is 2.00 bits per heavy atom. The van der Waals surface area contributed by atoms with E-state index in [4.69, 9.17) is 4.74 Å². The molecule has 1 heterocycles. The fourth-order valence-corrected chi connectivity index (χ4v) is 2.61. The van der Waals surface area contributed by atoms with Gasteiger partial charge in [-0.15, -0.1) is 0 Å². The van der Waals surface area contributed by atoms with E-state index in [-0.39, 0.29) is 18.4 Å². The standard InChI is InChI=1S/C18H26N2O3/c1-3-5-7-11-20-15-12-14(19-17(21)8-6-4-2)9-10-16(15)23-13-18(20)22/h9-10,12H,3-8,11,13H2,1-2H3,(H,19,21). The monoisotopic (exact) mass is 318 g/mol. The van der Waals surface area contributed by atoms with E-state index in [1.165, 1.54) is 0 Å². The summed E-state index contributed by atoms with van der Waals surface area (Å²) in [6.07, 6.45) is 5.55. The van der Waals surface area contributed by atoms with Crippen LogP contribution in [0.2, 0.25) is 0 Å². The third kappa shape index (κ3) is 4.71. The molecule has 0 fully saturated rings. The zero-order valence-corrected chi connectivity index (χ0v) is 14.1. The molecule has 126 valence electrons. The summed E-state index contributed by atoms with van der Waals surface area (Å²) in [5.41, 5.74) is 1.47. The maximum Gasteiger partial charge on any atom is 0.265 e. The van der Waals surface area contributed by atoms with Gasteiger partial charge in [-0.1, -0.05) is 33.1 Å². The van der Waals surface area contributed by atoms with Crippen molar-refractivity contribution in [3.63, 3.8) is 0 Å². The summed E-state index contributed by atoms with van der Waals surface area (Å²) < 4.78 is 5.49. The molecule has 5 heteroatoms. The van der Waals surface area contributed by atoms with Crippen LogP contribution in [-0.2, 0) is 9.59 Å². The summed E-state index contributed by atoms with van der Waals surface area (Å²) >= 11 is 0. The van der Waals surface area contributed by atoms with Crippen LogP contribution >= 0.6 is 0 Å². The van der Waals surface area contributed by atoms with Crippen LogP contribution in [0.25, 0.3) is 0 Å². The minimum absolute atomic E-state index is 0.00684. The lowest BCUT2D eigenvalue weighted by Gasteiger charge is -2.29. The maximum absolute atomic E-state index is 12.1. The van der Waals surface area contributed by atoms with E-state index in [2.05, 4.69) is 19.2 Å². The lowest BCUT2D eigenvalue weighted by Crippen LogP contribution is -2.39. The number of carbonyl (C=O) groups is 2. The van der Waals surface area contributed by atoms with Gasteiger partial charge in [-0.3, -0.25) is 9.59 Å². The fourth-order valence-electron chi connectivity index (χ4n) is 2.61. The molecule has 0 bridgehead atoms. The summed E-state index contributed by atoms with van der Waals surface area (Å²) in [6, 6.07) is 5.48. The van der Waals surface area contributed by atoms with Crippen molar-refractivity contribution < 1.29 is 14.3 Å². The Morgan fingerprint density at radius 1 is 1.22 bits per heavy atom. The molecule has 1 N–H and O–H groups in total. The van der Waals surface area contributed by atoms with E-state index in [1.807, 2.05) is 18.2 Å². The van der Waals surface area contributed by atoms with Crippen LogP contribution in [0.15, 0.2) is 18.2 Å². The number of rotatable bonds is 8. The summed E-state index contributed by atoms with van der Waals surface area (Å²) in [5, 5.41) is 2.90. The van der Waals surface area contributed by atoms with Crippen molar-refractivity contribution in [1.29, 1.82) is 0 Å². The van der Waals surface area contributed by atoms with E-state index in [0.29, 0.717) is 24.4 Å². The first-order valence-corrected chi connectivity index (χ1v) is 8.52. The third-order valence-corrected chi connectivity index (χ3v) is 3.93. The number of amides is 2. The molecule has 2 amide bonds. The first-order valence-electron chi connectivity index (χ1n) is 8.52.